The number of halogens is 2. The SMILES string of the molecule is C=C(/C(F)=C\C=C(/C)OC)[C@]12CO[C@@H](c3ccc(F)cc3)C[C@H]1S(=O)(=O)C(C)(C)C(N)=N2. The van der Waals surface area contributed by atoms with Crippen LogP contribution in [0.25, 0.3) is 0 Å². The van der Waals surface area contributed by atoms with Crippen molar-refractivity contribution in [3.63, 3.8) is 0 Å². The second-order valence-corrected chi connectivity index (χ2v) is 11.2. The molecule has 0 spiro atoms. The van der Waals surface area contributed by atoms with Crippen molar-refractivity contribution in [2.24, 2.45) is 10.7 Å². The summed E-state index contributed by atoms with van der Waals surface area (Å²) in [7, 11) is -2.49. The van der Waals surface area contributed by atoms with Crippen LogP contribution in [-0.4, -0.2) is 43.5 Å². The van der Waals surface area contributed by atoms with Crippen LogP contribution in [0, 0.1) is 5.82 Å². The van der Waals surface area contributed by atoms with Gasteiger partial charge in [0.2, 0.25) is 0 Å². The number of nitrogens with zero attached hydrogens (tertiary/aromatic N) is 1. The summed E-state index contributed by atoms with van der Waals surface area (Å²) < 4.78 is 65.3. The maximum atomic E-state index is 15.1. The first-order valence-corrected chi connectivity index (χ1v) is 11.7. The Kier molecular flexibility index (Phi) is 6.36. The zero-order chi connectivity index (χ0) is 23.9. The number of fused-ring (bicyclic) bond motifs is 1. The molecule has 2 aliphatic heterocycles. The average Bonchev–Trinajstić information content (AvgIpc) is 2.76. The molecule has 0 aromatic heterocycles. The minimum Gasteiger partial charge on any atom is -0.501 e. The lowest BCUT2D eigenvalue weighted by Crippen LogP contribution is -2.65. The van der Waals surface area contributed by atoms with Crippen molar-refractivity contribution in [2.75, 3.05) is 13.7 Å². The molecule has 2 aliphatic rings. The predicted molar refractivity (Wildman–Crippen MR) is 120 cm³/mol. The van der Waals surface area contributed by atoms with Gasteiger partial charge in [-0.3, -0.25) is 4.99 Å². The van der Waals surface area contributed by atoms with Crippen molar-refractivity contribution in [2.45, 2.75) is 48.8 Å². The second-order valence-electron chi connectivity index (χ2n) is 8.53. The maximum absolute atomic E-state index is 15.1. The summed E-state index contributed by atoms with van der Waals surface area (Å²) >= 11 is 0. The van der Waals surface area contributed by atoms with Crippen LogP contribution in [0.5, 0.6) is 0 Å². The molecule has 0 unspecified atom stereocenters. The van der Waals surface area contributed by atoms with Crippen LogP contribution in [0.15, 0.2) is 65.1 Å². The Bertz CT molecular complexity index is 1110. The fourth-order valence-electron chi connectivity index (χ4n) is 3.94. The van der Waals surface area contributed by atoms with Crippen LogP contribution in [0.4, 0.5) is 8.78 Å². The number of amidine groups is 1. The molecule has 9 heteroatoms. The molecule has 0 aliphatic carbocycles. The first-order valence-electron chi connectivity index (χ1n) is 10.1. The van der Waals surface area contributed by atoms with Gasteiger partial charge in [-0.25, -0.2) is 17.2 Å². The van der Waals surface area contributed by atoms with Gasteiger partial charge in [0.05, 0.1) is 30.8 Å². The highest BCUT2D eigenvalue weighted by molar-refractivity contribution is 7.94. The van der Waals surface area contributed by atoms with E-state index in [1.807, 2.05) is 0 Å². The zero-order valence-corrected chi connectivity index (χ0v) is 19.4. The van der Waals surface area contributed by atoms with Crippen LogP contribution in [-0.2, 0) is 19.3 Å². The molecule has 0 amide bonds. The molecule has 6 nitrogen and oxygen atoms in total. The summed E-state index contributed by atoms with van der Waals surface area (Å²) in [5.41, 5.74) is 4.95. The molecule has 174 valence electrons. The molecular formula is C23H28F2N2O4S. The van der Waals surface area contributed by atoms with Gasteiger partial charge in [0.15, 0.2) is 9.84 Å². The third kappa shape index (κ3) is 3.88. The number of rotatable bonds is 5. The normalized spacial score (nSPS) is 29.6. The molecule has 0 saturated carbocycles. The Morgan fingerprint density at radius 3 is 2.53 bits per heavy atom. The van der Waals surface area contributed by atoms with Crippen molar-refractivity contribution >= 4 is 15.7 Å². The van der Waals surface area contributed by atoms with E-state index in [2.05, 4.69) is 11.6 Å². The summed E-state index contributed by atoms with van der Waals surface area (Å²) in [4.78, 5) is 4.49. The number of aliphatic imine (C=N–C) groups is 1. The quantitative estimate of drug-likeness (QED) is 0.525. The number of nitrogens with two attached hydrogens (primary N) is 1. The Balaban J connectivity index is 2.11. The van der Waals surface area contributed by atoms with Crippen molar-refractivity contribution in [3.8, 4) is 0 Å². The standard InChI is InChI=1S/C23H28F2N2O4S/c1-14(30-5)6-11-18(25)15(2)23-13-31-19(16-7-9-17(24)10-8-16)12-20(23)32(28,29)22(3,4)21(26)27-23/h6-11,19-20H,2,12-13H2,1,3-5H3,(H2,26,27)/b14-6+,18-11+/t19-,20-,23-/m1/s1. The van der Waals surface area contributed by atoms with E-state index in [4.69, 9.17) is 15.2 Å². The number of ether oxygens (including phenoxy) is 2. The number of hydrogen-bond donors (Lipinski definition) is 1. The molecule has 2 N–H and O–H groups in total. The average molecular weight is 467 g/mol. The third-order valence-electron chi connectivity index (χ3n) is 6.33. The van der Waals surface area contributed by atoms with E-state index in [0.29, 0.717) is 11.3 Å². The van der Waals surface area contributed by atoms with Gasteiger partial charge >= 0.3 is 0 Å². The molecule has 2 heterocycles. The van der Waals surface area contributed by atoms with E-state index in [9.17, 15) is 12.8 Å². The number of allylic oxidation sites excluding steroid dienone is 3. The summed E-state index contributed by atoms with van der Waals surface area (Å²) in [6.45, 7) is 8.20. The molecular weight excluding hydrogens is 438 g/mol. The monoisotopic (exact) mass is 466 g/mol. The van der Waals surface area contributed by atoms with Crippen molar-refractivity contribution in [1.82, 2.24) is 0 Å². The van der Waals surface area contributed by atoms with Crippen molar-refractivity contribution < 1.29 is 26.7 Å². The van der Waals surface area contributed by atoms with Gasteiger partial charge in [-0.2, -0.15) is 0 Å². The molecule has 1 saturated heterocycles. The minimum atomic E-state index is -3.94. The first-order chi connectivity index (χ1) is 14.9. The fourth-order valence-corrected chi connectivity index (χ4v) is 6.19. The molecule has 1 aromatic carbocycles. The van der Waals surface area contributed by atoms with Crippen molar-refractivity contribution in [1.29, 1.82) is 0 Å². The second kappa shape index (κ2) is 8.44. The van der Waals surface area contributed by atoms with Gasteiger partial charge in [-0.15, -0.1) is 0 Å². The van der Waals surface area contributed by atoms with Gasteiger partial charge in [-0.05, 0) is 57.0 Å². The fraction of sp³-hybridized carbons (Fsp3) is 0.435. The number of sulfone groups is 1. The smallest absolute Gasteiger partial charge is 0.168 e. The van der Waals surface area contributed by atoms with Crippen LogP contribution < -0.4 is 5.73 Å². The van der Waals surface area contributed by atoms with Crippen molar-refractivity contribution in [3.05, 3.63) is 71.5 Å². The van der Waals surface area contributed by atoms with E-state index in [1.54, 1.807) is 19.1 Å². The van der Waals surface area contributed by atoms with E-state index < -0.39 is 43.1 Å². The molecule has 1 fully saturated rings. The van der Waals surface area contributed by atoms with Gasteiger partial charge in [0.25, 0.3) is 0 Å². The Hall–Kier alpha value is -2.52. The van der Waals surface area contributed by atoms with Gasteiger partial charge in [0.1, 0.15) is 27.8 Å². The molecule has 3 atom stereocenters. The Morgan fingerprint density at radius 1 is 1.31 bits per heavy atom. The molecule has 1 aromatic rings. The van der Waals surface area contributed by atoms with E-state index in [1.165, 1.54) is 39.2 Å². The van der Waals surface area contributed by atoms with E-state index in [0.717, 1.165) is 6.08 Å². The van der Waals surface area contributed by atoms with Gasteiger partial charge in [-0.1, -0.05) is 18.7 Å². The van der Waals surface area contributed by atoms with Crippen LogP contribution in [0.1, 0.15) is 38.9 Å². The van der Waals surface area contributed by atoms with Gasteiger partial charge in [0, 0.05) is 5.57 Å². The largest absolute Gasteiger partial charge is 0.501 e. The van der Waals surface area contributed by atoms with E-state index >= 15 is 4.39 Å². The predicted octanol–water partition coefficient (Wildman–Crippen LogP) is 3.92. The molecule has 3 rings (SSSR count). The summed E-state index contributed by atoms with van der Waals surface area (Å²) in [5, 5.41) is -1.14. The first kappa shape index (κ1) is 24.1. The number of benzene rings is 1. The molecule has 0 radical (unpaired) electrons. The molecule has 0 bridgehead atoms. The highest BCUT2D eigenvalue weighted by atomic mass is 32.2. The summed E-state index contributed by atoms with van der Waals surface area (Å²) in [5.74, 6) is -0.835. The Labute approximate surface area is 187 Å². The summed E-state index contributed by atoms with van der Waals surface area (Å²) in [6.07, 6.45) is 1.92. The number of hydrogen-bond acceptors (Lipinski definition) is 6. The Morgan fingerprint density at radius 2 is 1.94 bits per heavy atom. The van der Waals surface area contributed by atoms with Crippen LogP contribution in [0.3, 0.4) is 0 Å². The lowest BCUT2D eigenvalue weighted by molar-refractivity contribution is -0.0165. The minimum absolute atomic E-state index is 0.00653. The lowest BCUT2D eigenvalue weighted by atomic mass is 9.81. The zero-order valence-electron chi connectivity index (χ0n) is 18.6. The third-order valence-corrected chi connectivity index (χ3v) is 9.29. The maximum Gasteiger partial charge on any atom is 0.168 e. The lowest BCUT2D eigenvalue weighted by Gasteiger charge is -2.50. The van der Waals surface area contributed by atoms with Crippen LogP contribution in [0.2, 0.25) is 0 Å². The van der Waals surface area contributed by atoms with E-state index in [-0.39, 0.29) is 24.4 Å². The van der Waals surface area contributed by atoms with Gasteiger partial charge < -0.3 is 15.2 Å². The topological polar surface area (TPSA) is 91.0 Å². The summed E-state index contributed by atoms with van der Waals surface area (Å²) in [6, 6.07) is 5.64. The highest BCUT2D eigenvalue weighted by Crippen LogP contribution is 2.49. The highest BCUT2D eigenvalue weighted by Gasteiger charge is 2.61. The number of methoxy groups -OCH3 is 1. The molecule has 32 heavy (non-hydrogen) atoms. The van der Waals surface area contributed by atoms with Crippen LogP contribution >= 0.6 is 0 Å².